The first-order chi connectivity index (χ1) is 13.9. The molecule has 3 N–H and O–H groups in total. The molecule has 0 fully saturated rings. The number of nitrogens with one attached hydrogen (secondary N) is 1. The fraction of sp³-hybridized carbons (Fsp3) is 0.292. The molecule has 0 saturated heterocycles. The topological polar surface area (TPSA) is 87.6 Å². The predicted molar refractivity (Wildman–Crippen MR) is 118 cm³/mol. The van der Waals surface area contributed by atoms with E-state index in [1.807, 2.05) is 38.2 Å². The molecular formula is C24H27N5. The van der Waals surface area contributed by atoms with Gasteiger partial charge in [-0.25, -0.2) is 9.97 Å². The van der Waals surface area contributed by atoms with Crippen LogP contribution in [0.1, 0.15) is 39.2 Å². The minimum absolute atomic E-state index is 0.554. The molecule has 0 amide bonds. The maximum Gasteiger partial charge on any atom is 0.126 e. The van der Waals surface area contributed by atoms with E-state index in [4.69, 9.17) is 5.73 Å². The van der Waals surface area contributed by atoms with Crippen molar-refractivity contribution in [3.05, 3.63) is 81.7 Å². The van der Waals surface area contributed by atoms with Crippen molar-refractivity contribution in [1.82, 2.24) is 9.97 Å². The van der Waals surface area contributed by atoms with Crippen molar-refractivity contribution in [2.24, 2.45) is 0 Å². The van der Waals surface area contributed by atoms with E-state index >= 15 is 0 Å². The smallest absolute Gasteiger partial charge is 0.126 e. The Morgan fingerprint density at radius 1 is 0.828 bits per heavy atom. The van der Waals surface area contributed by atoms with Crippen LogP contribution in [0.4, 0.5) is 11.6 Å². The lowest BCUT2D eigenvalue weighted by molar-refractivity contribution is 0.889. The van der Waals surface area contributed by atoms with Gasteiger partial charge in [0.15, 0.2) is 0 Å². The first-order valence-corrected chi connectivity index (χ1v) is 9.86. The summed E-state index contributed by atoms with van der Waals surface area (Å²) >= 11 is 0. The Bertz CT molecular complexity index is 1030. The lowest BCUT2D eigenvalue weighted by atomic mass is 9.98. The minimum atomic E-state index is 0.554. The number of nitriles is 1. The Morgan fingerprint density at radius 3 is 1.97 bits per heavy atom. The molecule has 0 aliphatic heterocycles. The molecular weight excluding hydrogens is 358 g/mol. The molecule has 29 heavy (non-hydrogen) atoms. The summed E-state index contributed by atoms with van der Waals surface area (Å²) in [5.41, 5.74) is 13.2. The van der Waals surface area contributed by atoms with Gasteiger partial charge in [-0.05, 0) is 98.2 Å². The summed E-state index contributed by atoms with van der Waals surface area (Å²) < 4.78 is 0. The fourth-order valence-electron chi connectivity index (χ4n) is 3.55. The number of aromatic nitrogens is 2. The van der Waals surface area contributed by atoms with Gasteiger partial charge in [-0.1, -0.05) is 6.07 Å². The zero-order chi connectivity index (χ0) is 20.8. The summed E-state index contributed by atoms with van der Waals surface area (Å²) in [5.74, 6) is 1.44. The average molecular weight is 386 g/mol. The maximum atomic E-state index is 9.43. The van der Waals surface area contributed by atoms with Crippen LogP contribution in [0.2, 0.25) is 0 Å². The molecule has 1 aromatic carbocycles. The maximum absolute atomic E-state index is 9.43. The van der Waals surface area contributed by atoms with Crippen LogP contribution in [-0.4, -0.2) is 17.0 Å². The van der Waals surface area contributed by atoms with E-state index in [0.717, 1.165) is 59.6 Å². The van der Waals surface area contributed by atoms with Crippen LogP contribution in [0.15, 0.2) is 42.5 Å². The Hall–Kier alpha value is -3.39. The van der Waals surface area contributed by atoms with Gasteiger partial charge in [-0.3, -0.25) is 0 Å². The number of benzene rings is 1. The molecule has 0 aliphatic rings. The highest BCUT2D eigenvalue weighted by molar-refractivity contribution is 5.40. The molecule has 0 aliphatic carbocycles. The lowest BCUT2D eigenvalue weighted by Crippen LogP contribution is -2.02. The zero-order valence-corrected chi connectivity index (χ0v) is 17.3. The van der Waals surface area contributed by atoms with E-state index in [1.165, 1.54) is 5.56 Å². The third-order valence-electron chi connectivity index (χ3n) is 4.84. The van der Waals surface area contributed by atoms with Crippen LogP contribution in [0.25, 0.3) is 0 Å². The van der Waals surface area contributed by atoms with E-state index in [9.17, 15) is 5.26 Å². The molecule has 2 heterocycles. The van der Waals surface area contributed by atoms with Crippen molar-refractivity contribution < 1.29 is 0 Å². The van der Waals surface area contributed by atoms with Crippen molar-refractivity contribution in [3.63, 3.8) is 0 Å². The Morgan fingerprint density at radius 2 is 1.41 bits per heavy atom. The molecule has 0 bridgehead atoms. The Balaban J connectivity index is 1.73. The highest BCUT2D eigenvalue weighted by Gasteiger charge is 2.06. The number of nitrogens with zero attached hydrogens (tertiary/aromatic N) is 3. The number of anilines is 2. The molecule has 0 saturated carbocycles. The average Bonchev–Trinajstić information content (AvgIpc) is 2.69. The third-order valence-corrected chi connectivity index (χ3v) is 4.84. The van der Waals surface area contributed by atoms with Crippen LogP contribution in [0.5, 0.6) is 0 Å². The van der Waals surface area contributed by atoms with Gasteiger partial charge >= 0.3 is 0 Å². The van der Waals surface area contributed by atoms with Crippen LogP contribution in [0, 0.1) is 25.2 Å². The molecule has 3 aromatic rings. The molecule has 0 atom stereocenters. The van der Waals surface area contributed by atoms with E-state index < -0.39 is 0 Å². The molecule has 2 aromatic heterocycles. The number of nitrogen functional groups attached to an aromatic ring is 1. The van der Waals surface area contributed by atoms with Gasteiger partial charge in [-0.15, -0.1) is 0 Å². The predicted octanol–water partition coefficient (Wildman–Crippen LogP) is 4.16. The number of hydrogen-bond acceptors (Lipinski definition) is 5. The van der Waals surface area contributed by atoms with Gasteiger partial charge in [0.1, 0.15) is 11.6 Å². The summed E-state index contributed by atoms with van der Waals surface area (Å²) in [6.07, 6.45) is 3.30. The standard InChI is InChI=1S/C24H27N5/c1-16-8-21(28-23(26)10-16)6-4-18-12-19(14-20(13-18)15-25)5-7-22-9-17(2)11-24(27-3)29-22/h8-14H,4-7H2,1-3H3,(H2,26,28)(H,27,29). The van der Waals surface area contributed by atoms with Crippen molar-refractivity contribution in [2.75, 3.05) is 18.1 Å². The third kappa shape index (κ3) is 5.79. The van der Waals surface area contributed by atoms with Crippen molar-refractivity contribution >= 4 is 11.6 Å². The number of aryl methyl sites for hydroxylation is 6. The van der Waals surface area contributed by atoms with E-state index in [2.05, 4.69) is 46.5 Å². The Labute approximate surface area is 172 Å². The normalized spacial score (nSPS) is 10.6. The van der Waals surface area contributed by atoms with E-state index in [1.54, 1.807) is 0 Å². The molecule has 0 unspecified atom stereocenters. The monoisotopic (exact) mass is 385 g/mol. The summed E-state index contributed by atoms with van der Waals surface area (Å²) in [5, 5.41) is 12.5. The van der Waals surface area contributed by atoms with Gasteiger partial charge in [0.2, 0.25) is 0 Å². The number of rotatable bonds is 7. The second-order valence-corrected chi connectivity index (χ2v) is 7.48. The second kappa shape index (κ2) is 9.20. The van der Waals surface area contributed by atoms with Crippen molar-refractivity contribution in [3.8, 4) is 6.07 Å². The summed E-state index contributed by atoms with van der Waals surface area (Å²) in [7, 11) is 1.88. The number of hydrogen-bond donors (Lipinski definition) is 2. The lowest BCUT2D eigenvalue weighted by Gasteiger charge is -2.09. The molecule has 148 valence electrons. The van der Waals surface area contributed by atoms with Crippen LogP contribution >= 0.6 is 0 Å². The van der Waals surface area contributed by atoms with E-state index in [0.29, 0.717) is 11.4 Å². The van der Waals surface area contributed by atoms with Gasteiger partial charge in [-0.2, -0.15) is 5.26 Å². The van der Waals surface area contributed by atoms with Crippen LogP contribution < -0.4 is 11.1 Å². The van der Waals surface area contributed by atoms with Crippen molar-refractivity contribution in [1.29, 1.82) is 5.26 Å². The molecule has 0 spiro atoms. The van der Waals surface area contributed by atoms with Gasteiger partial charge in [0.05, 0.1) is 11.6 Å². The van der Waals surface area contributed by atoms with Crippen LogP contribution in [-0.2, 0) is 25.7 Å². The van der Waals surface area contributed by atoms with Gasteiger partial charge in [0.25, 0.3) is 0 Å². The molecule has 5 nitrogen and oxygen atoms in total. The fourth-order valence-corrected chi connectivity index (χ4v) is 3.55. The largest absolute Gasteiger partial charge is 0.384 e. The quantitative estimate of drug-likeness (QED) is 0.638. The van der Waals surface area contributed by atoms with Gasteiger partial charge < -0.3 is 11.1 Å². The molecule has 0 radical (unpaired) electrons. The first-order valence-electron chi connectivity index (χ1n) is 9.86. The summed E-state index contributed by atoms with van der Waals surface area (Å²) in [6.45, 7) is 4.10. The number of pyridine rings is 2. The molecule has 3 rings (SSSR count). The Kier molecular flexibility index (Phi) is 6.46. The minimum Gasteiger partial charge on any atom is -0.384 e. The number of nitrogens with two attached hydrogens (primary N) is 1. The second-order valence-electron chi connectivity index (χ2n) is 7.48. The zero-order valence-electron chi connectivity index (χ0n) is 17.3. The van der Waals surface area contributed by atoms with Gasteiger partial charge in [0, 0.05) is 18.4 Å². The highest BCUT2D eigenvalue weighted by Crippen LogP contribution is 2.17. The SMILES string of the molecule is CNc1cc(C)cc(CCc2cc(C#N)cc(CCc3cc(C)cc(N)n3)c2)n1. The summed E-state index contributed by atoms with van der Waals surface area (Å²) in [4.78, 5) is 9.04. The first kappa shape index (κ1) is 20.3. The van der Waals surface area contributed by atoms with Crippen molar-refractivity contribution in [2.45, 2.75) is 39.5 Å². The summed E-state index contributed by atoms with van der Waals surface area (Å²) in [6, 6.07) is 16.5. The molecule has 5 heteroatoms. The van der Waals surface area contributed by atoms with E-state index in [-0.39, 0.29) is 0 Å². The van der Waals surface area contributed by atoms with Crippen LogP contribution in [0.3, 0.4) is 0 Å². The highest BCUT2D eigenvalue weighted by atomic mass is 15.0.